The molecule has 0 fully saturated rings. The van der Waals surface area contributed by atoms with E-state index in [4.69, 9.17) is 12.2 Å². The molecule has 0 saturated carbocycles. The second kappa shape index (κ2) is 5.62. The molecule has 1 heterocycles. The number of H-pyrrole nitrogens is 1. The molecule has 1 unspecified atom stereocenters. The summed E-state index contributed by atoms with van der Waals surface area (Å²) in [5.41, 5.74) is 0. The first-order valence-corrected chi connectivity index (χ1v) is 6.69. The van der Waals surface area contributed by atoms with Gasteiger partial charge in [-0.2, -0.15) is 11.8 Å². The maximum atomic E-state index is 4.94. The minimum absolute atomic E-state index is 0.490. The highest BCUT2D eigenvalue weighted by molar-refractivity contribution is 7.98. The van der Waals surface area contributed by atoms with E-state index in [9.17, 15) is 0 Å². The van der Waals surface area contributed by atoms with E-state index in [0.29, 0.717) is 6.04 Å². The van der Waals surface area contributed by atoms with Gasteiger partial charge in [-0.25, -0.2) is 0 Å². The van der Waals surface area contributed by atoms with Crippen molar-refractivity contribution in [2.24, 2.45) is 0 Å². The molecule has 0 saturated heterocycles. The third-order valence-electron chi connectivity index (χ3n) is 1.63. The standard InChI is InChI=1S/C7H13N3S3/c1-3-5(4-12-2)8-6-9-10-7(11)13-6/h5H,3-4H2,1-2H3,(H,8,9)(H,10,11). The number of hydrogen-bond donors (Lipinski definition) is 2. The molecular formula is C7H13N3S3. The lowest BCUT2D eigenvalue weighted by Crippen LogP contribution is -2.20. The van der Waals surface area contributed by atoms with Gasteiger partial charge < -0.3 is 5.32 Å². The number of rotatable bonds is 5. The van der Waals surface area contributed by atoms with Crippen LogP contribution in [0.15, 0.2) is 0 Å². The van der Waals surface area contributed by atoms with Crippen molar-refractivity contribution >= 4 is 40.4 Å². The Morgan fingerprint density at radius 3 is 3.00 bits per heavy atom. The van der Waals surface area contributed by atoms with Crippen LogP contribution >= 0.6 is 35.3 Å². The van der Waals surface area contributed by atoms with Crippen LogP contribution in [-0.4, -0.2) is 28.2 Å². The Hall–Kier alpha value is -0.0700. The molecule has 0 aliphatic heterocycles. The Bertz CT molecular complexity index is 293. The summed E-state index contributed by atoms with van der Waals surface area (Å²) < 4.78 is 0.724. The molecule has 0 aliphatic rings. The maximum absolute atomic E-state index is 4.94. The van der Waals surface area contributed by atoms with Crippen molar-refractivity contribution < 1.29 is 0 Å². The number of aromatic amines is 1. The maximum Gasteiger partial charge on any atom is 0.204 e. The van der Waals surface area contributed by atoms with Gasteiger partial charge >= 0.3 is 0 Å². The lowest BCUT2D eigenvalue weighted by atomic mass is 10.3. The molecule has 0 spiro atoms. The predicted molar refractivity (Wildman–Crippen MR) is 63.4 cm³/mol. The van der Waals surface area contributed by atoms with E-state index in [-0.39, 0.29) is 0 Å². The number of nitrogens with one attached hydrogen (secondary N) is 2. The van der Waals surface area contributed by atoms with Gasteiger partial charge in [0.15, 0.2) is 3.95 Å². The summed E-state index contributed by atoms with van der Waals surface area (Å²) in [4.78, 5) is 0. The quantitative estimate of drug-likeness (QED) is 0.770. The molecule has 2 N–H and O–H groups in total. The van der Waals surface area contributed by atoms with Crippen LogP contribution in [0.2, 0.25) is 0 Å². The number of thioether (sulfide) groups is 1. The van der Waals surface area contributed by atoms with Gasteiger partial charge in [-0.05, 0) is 24.9 Å². The van der Waals surface area contributed by atoms with E-state index in [0.717, 1.165) is 21.3 Å². The van der Waals surface area contributed by atoms with Crippen LogP contribution in [0.25, 0.3) is 0 Å². The average Bonchev–Trinajstić information content (AvgIpc) is 2.50. The van der Waals surface area contributed by atoms with Gasteiger partial charge in [0.25, 0.3) is 0 Å². The lowest BCUT2D eigenvalue weighted by molar-refractivity contribution is 0.771. The number of nitrogens with zero attached hydrogens (tertiary/aromatic N) is 1. The Morgan fingerprint density at radius 2 is 2.54 bits per heavy atom. The Balaban J connectivity index is 2.51. The smallest absolute Gasteiger partial charge is 0.204 e. The predicted octanol–water partition coefficient (Wildman–Crippen LogP) is 2.75. The molecule has 74 valence electrons. The SMILES string of the molecule is CCC(CSC)Nc1n[nH]c(=S)s1. The summed E-state index contributed by atoms with van der Waals surface area (Å²) in [6, 6.07) is 0.490. The molecule has 1 aromatic heterocycles. The van der Waals surface area contributed by atoms with Crippen molar-refractivity contribution in [2.75, 3.05) is 17.3 Å². The normalized spacial score (nSPS) is 12.8. The van der Waals surface area contributed by atoms with Crippen LogP contribution in [0.3, 0.4) is 0 Å². The highest BCUT2D eigenvalue weighted by Crippen LogP contribution is 2.14. The molecule has 0 radical (unpaired) electrons. The minimum atomic E-state index is 0.490. The van der Waals surface area contributed by atoms with Crippen molar-refractivity contribution in [3.63, 3.8) is 0 Å². The summed E-state index contributed by atoms with van der Waals surface area (Å²) >= 11 is 8.27. The Kier molecular flexibility index (Phi) is 4.76. The van der Waals surface area contributed by atoms with Crippen molar-refractivity contribution in [1.82, 2.24) is 10.2 Å². The third-order valence-corrected chi connectivity index (χ3v) is 3.38. The van der Waals surface area contributed by atoms with E-state index in [1.807, 2.05) is 11.8 Å². The molecule has 6 heteroatoms. The van der Waals surface area contributed by atoms with E-state index in [2.05, 4.69) is 28.7 Å². The second-order valence-electron chi connectivity index (χ2n) is 2.62. The molecule has 0 bridgehead atoms. The number of anilines is 1. The first-order chi connectivity index (χ1) is 6.26. The molecule has 1 atom stereocenters. The fraction of sp³-hybridized carbons (Fsp3) is 0.714. The van der Waals surface area contributed by atoms with Crippen LogP contribution in [0.1, 0.15) is 13.3 Å². The summed E-state index contributed by atoms with van der Waals surface area (Å²) in [5, 5.41) is 11.0. The summed E-state index contributed by atoms with van der Waals surface area (Å²) in [6.07, 6.45) is 3.21. The van der Waals surface area contributed by atoms with Crippen LogP contribution in [-0.2, 0) is 0 Å². The van der Waals surface area contributed by atoms with E-state index >= 15 is 0 Å². The van der Waals surface area contributed by atoms with Crippen molar-refractivity contribution in [1.29, 1.82) is 0 Å². The van der Waals surface area contributed by atoms with Gasteiger partial charge in [0.05, 0.1) is 0 Å². The molecular weight excluding hydrogens is 222 g/mol. The zero-order valence-electron chi connectivity index (χ0n) is 7.66. The number of hydrogen-bond acceptors (Lipinski definition) is 5. The number of aromatic nitrogens is 2. The molecule has 0 aromatic carbocycles. The van der Waals surface area contributed by atoms with Crippen LogP contribution in [0, 0.1) is 3.95 Å². The molecule has 3 nitrogen and oxygen atoms in total. The molecule has 13 heavy (non-hydrogen) atoms. The fourth-order valence-electron chi connectivity index (χ4n) is 0.929. The summed E-state index contributed by atoms with van der Waals surface area (Å²) in [5.74, 6) is 1.10. The van der Waals surface area contributed by atoms with Gasteiger partial charge in [0, 0.05) is 11.8 Å². The molecule has 1 aromatic rings. The minimum Gasteiger partial charge on any atom is -0.357 e. The summed E-state index contributed by atoms with van der Waals surface area (Å²) in [7, 11) is 0. The van der Waals surface area contributed by atoms with Crippen LogP contribution in [0.4, 0.5) is 5.13 Å². The zero-order chi connectivity index (χ0) is 9.68. The van der Waals surface area contributed by atoms with Crippen molar-refractivity contribution in [2.45, 2.75) is 19.4 Å². The van der Waals surface area contributed by atoms with Gasteiger partial charge in [-0.3, -0.25) is 5.10 Å². The van der Waals surface area contributed by atoms with Gasteiger partial charge in [-0.1, -0.05) is 18.3 Å². The molecule has 1 rings (SSSR count). The highest BCUT2D eigenvalue weighted by Gasteiger charge is 2.06. The van der Waals surface area contributed by atoms with Crippen molar-refractivity contribution in [3.05, 3.63) is 3.95 Å². The van der Waals surface area contributed by atoms with Crippen LogP contribution in [0.5, 0.6) is 0 Å². The van der Waals surface area contributed by atoms with Gasteiger partial charge in [0.1, 0.15) is 0 Å². The van der Waals surface area contributed by atoms with Crippen LogP contribution < -0.4 is 5.32 Å². The largest absolute Gasteiger partial charge is 0.357 e. The topological polar surface area (TPSA) is 40.7 Å². The molecule has 0 aliphatic carbocycles. The first kappa shape index (κ1) is 11.0. The van der Waals surface area contributed by atoms with Gasteiger partial charge in [0.2, 0.25) is 5.13 Å². The van der Waals surface area contributed by atoms with Crippen molar-refractivity contribution in [3.8, 4) is 0 Å². The first-order valence-electron chi connectivity index (χ1n) is 4.07. The van der Waals surface area contributed by atoms with E-state index in [1.54, 1.807) is 0 Å². The van der Waals surface area contributed by atoms with E-state index in [1.165, 1.54) is 11.3 Å². The van der Waals surface area contributed by atoms with Gasteiger partial charge in [-0.15, -0.1) is 5.10 Å². The Morgan fingerprint density at radius 1 is 1.77 bits per heavy atom. The average molecular weight is 235 g/mol. The fourth-order valence-corrected chi connectivity index (χ4v) is 2.52. The lowest BCUT2D eigenvalue weighted by Gasteiger charge is -2.13. The molecule has 0 amide bonds. The highest BCUT2D eigenvalue weighted by atomic mass is 32.2. The monoisotopic (exact) mass is 235 g/mol. The second-order valence-corrected chi connectivity index (χ2v) is 5.20. The van der Waals surface area contributed by atoms with E-state index < -0.39 is 0 Å². The third kappa shape index (κ3) is 3.66. The Labute approximate surface area is 91.3 Å². The summed E-state index contributed by atoms with van der Waals surface area (Å²) in [6.45, 7) is 2.17. The zero-order valence-corrected chi connectivity index (χ0v) is 10.1.